The summed E-state index contributed by atoms with van der Waals surface area (Å²) in [6.07, 6.45) is 5.64. The summed E-state index contributed by atoms with van der Waals surface area (Å²) < 4.78 is 1.58. The van der Waals surface area contributed by atoms with E-state index in [2.05, 4.69) is 15.4 Å². The van der Waals surface area contributed by atoms with Crippen molar-refractivity contribution in [3.05, 3.63) is 30.2 Å². The second-order valence-electron chi connectivity index (χ2n) is 6.51. The number of imidazole rings is 1. The van der Waals surface area contributed by atoms with E-state index < -0.39 is 0 Å². The minimum absolute atomic E-state index is 0.0702. The Morgan fingerprint density at radius 1 is 1.39 bits per heavy atom. The van der Waals surface area contributed by atoms with Crippen molar-refractivity contribution in [1.82, 2.24) is 24.8 Å². The molecule has 0 aromatic carbocycles. The summed E-state index contributed by atoms with van der Waals surface area (Å²) in [5, 5.41) is 7.13. The van der Waals surface area contributed by atoms with Gasteiger partial charge in [0.1, 0.15) is 0 Å². The minimum atomic E-state index is -0.0702. The first-order chi connectivity index (χ1) is 11.1. The second kappa shape index (κ2) is 5.33. The molecule has 1 aliphatic carbocycles. The van der Waals surface area contributed by atoms with Crippen LogP contribution in [0.3, 0.4) is 0 Å². The summed E-state index contributed by atoms with van der Waals surface area (Å²) in [6.45, 7) is 0.735. The Morgan fingerprint density at radius 3 is 3.09 bits per heavy atom. The van der Waals surface area contributed by atoms with Crippen molar-refractivity contribution >= 4 is 17.5 Å². The molecule has 3 heterocycles. The molecule has 1 aliphatic heterocycles. The number of nitrogens with one attached hydrogen (secondary N) is 1. The molecule has 0 radical (unpaired) electrons. The van der Waals surface area contributed by atoms with Gasteiger partial charge in [0.05, 0.1) is 6.20 Å². The molecule has 0 bridgehead atoms. The summed E-state index contributed by atoms with van der Waals surface area (Å²) in [4.78, 5) is 30.4. The Kier molecular flexibility index (Phi) is 3.28. The molecule has 2 aromatic heterocycles. The van der Waals surface area contributed by atoms with Gasteiger partial charge in [-0.05, 0) is 36.8 Å². The number of hydrogen-bond acceptors (Lipinski definition) is 4. The van der Waals surface area contributed by atoms with E-state index in [4.69, 9.17) is 0 Å². The zero-order valence-corrected chi connectivity index (χ0v) is 13.0. The normalized spacial score (nSPS) is 26.8. The van der Waals surface area contributed by atoms with Crippen molar-refractivity contribution in [3.8, 4) is 0 Å². The van der Waals surface area contributed by atoms with Crippen LogP contribution in [-0.4, -0.2) is 50.9 Å². The van der Waals surface area contributed by atoms with Crippen LogP contribution in [0.25, 0.3) is 5.65 Å². The van der Waals surface area contributed by atoms with Gasteiger partial charge in [-0.2, -0.15) is 5.10 Å². The standard InChI is InChI=1S/C16H19N5O2/c1-20(12-5-10-7-15(22)18-8-11(10)6-12)16(23)13-9-17-14-3-2-4-19-21(13)14/h2-4,9-12H,5-8H2,1H3,(H,18,22)/t10-,11+,12-/m0/s1. The lowest BCUT2D eigenvalue weighted by atomic mass is 9.89. The lowest BCUT2D eigenvalue weighted by Gasteiger charge is -2.24. The highest BCUT2D eigenvalue weighted by Crippen LogP contribution is 2.38. The highest BCUT2D eigenvalue weighted by atomic mass is 16.2. The molecule has 0 unspecified atom stereocenters. The summed E-state index contributed by atoms with van der Waals surface area (Å²) in [7, 11) is 1.84. The van der Waals surface area contributed by atoms with Gasteiger partial charge in [0, 0.05) is 32.3 Å². The predicted octanol–water partition coefficient (Wildman–Crippen LogP) is 0.716. The average molecular weight is 313 g/mol. The van der Waals surface area contributed by atoms with Crippen molar-refractivity contribution in [1.29, 1.82) is 0 Å². The van der Waals surface area contributed by atoms with E-state index in [0.29, 0.717) is 29.6 Å². The van der Waals surface area contributed by atoms with E-state index in [1.54, 1.807) is 27.9 Å². The van der Waals surface area contributed by atoms with Crippen molar-refractivity contribution in [3.63, 3.8) is 0 Å². The maximum atomic E-state index is 12.8. The Morgan fingerprint density at radius 2 is 2.22 bits per heavy atom. The first kappa shape index (κ1) is 14.2. The van der Waals surface area contributed by atoms with Crippen LogP contribution in [0.2, 0.25) is 0 Å². The highest BCUT2D eigenvalue weighted by molar-refractivity contribution is 5.93. The highest BCUT2D eigenvalue weighted by Gasteiger charge is 2.41. The maximum Gasteiger partial charge on any atom is 0.274 e. The fraction of sp³-hybridized carbons (Fsp3) is 0.500. The Hall–Kier alpha value is -2.44. The summed E-state index contributed by atoms with van der Waals surface area (Å²) >= 11 is 0. The Balaban J connectivity index is 1.54. The summed E-state index contributed by atoms with van der Waals surface area (Å²) in [5.74, 6) is 0.934. The van der Waals surface area contributed by atoms with Crippen LogP contribution in [0, 0.1) is 11.8 Å². The molecule has 4 rings (SSSR count). The number of amides is 2. The molecule has 1 saturated carbocycles. The molecular weight excluding hydrogens is 294 g/mol. The van der Waals surface area contributed by atoms with E-state index in [0.717, 1.165) is 19.4 Å². The smallest absolute Gasteiger partial charge is 0.274 e. The van der Waals surface area contributed by atoms with Crippen LogP contribution < -0.4 is 5.32 Å². The van der Waals surface area contributed by atoms with Crippen LogP contribution in [0.4, 0.5) is 0 Å². The zero-order chi connectivity index (χ0) is 16.0. The van der Waals surface area contributed by atoms with Crippen LogP contribution in [0.1, 0.15) is 29.8 Å². The molecule has 2 amide bonds. The maximum absolute atomic E-state index is 12.8. The third-order valence-electron chi connectivity index (χ3n) is 5.19. The number of carbonyl (C=O) groups is 2. The number of rotatable bonds is 2. The third-order valence-corrected chi connectivity index (χ3v) is 5.19. The molecule has 7 heteroatoms. The van der Waals surface area contributed by atoms with Crippen LogP contribution in [0.15, 0.2) is 24.5 Å². The summed E-state index contributed by atoms with van der Waals surface area (Å²) in [6, 6.07) is 3.79. The van der Waals surface area contributed by atoms with Gasteiger partial charge < -0.3 is 10.2 Å². The number of piperidine rings is 1. The van der Waals surface area contributed by atoms with E-state index in [1.807, 2.05) is 13.1 Å². The van der Waals surface area contributed by atoms with Gasteiger partial charge in [-0.25, -0.2) is 9.50 Å². The molecule has 7 nitrogen and oxygen atoms in total. The SMILES string of the molecule is CN(C(=O)c1cnc2cccnn12)[C@H]1C[C@H]2CC(=O)NC[C@H]2C1. The van der Waals surface area contributed by atoms with Crippen LogP contribution >= 0.6 is 0 Å². The predicted molar refractivity (Wildman–Crippen MR) is 82.7 cm³/mol. The van der Waals surface area contributed by atoms with E-state index >= 15 is 0 Å². The largest absolute Gasteiger partial charge is 0.356 e. The lowest BCUT2D eigenvalue weighted by Crippen LogP contribution is -2.38. The van der Waals surface area contributed by atoms with Gasteiger partial charge in [-0.3, -0.25) is 9.59 Å². The number of fused-ring (bicyclic) bond motifs is 2. The Labute approximate surface area is 133 Å². The molecule has 2 aromatic rings. The molecule has 2 fully saturated rings. The monoisotopic (exact) mass is 313 g/mol. The van der Waals surface area contributed by atoms with Crippen molar-refractivity contribution in [2.75, 3.05) is 13.6 Å². The first-order valence-electron chi connectivity index (χ1n) is 7.96. The molecule has 0 spiro atoms. The zero-order valence-electron chi connectivity index (χ0n) is 13.0. The lowest BCUT2D eigenvalue weighted by molar-refractivity contribution is -0.124. The molecule has 1 saturated heterocycles. The first-order valence-corrected chi connectivity index (χ1v) is 7.96. The molecule has 120 valence electrons. The third kappa shape index (κ3) is 2.36. The number of nitrogens with zero attached hydrogens (tertiary/aromatic N) is 4. The molecular formula is C16H19N5O2. The van der Waals surface area contributed by atoms with Crippen LogP contribution in [0.5, 0.6) is 0 Å². The average Bonchev–Trinajstić information content (AvgIpc) is 3.16. The Bertz CT molecular complexity index is 771. The van der Waals surface area contributed by atoms with Gasteiger partial charge in [-0.15, -0.1) is 0 Å². The van der Waals surface area contributed by atoms with Gasteiger partial charge >= 0.3 is 0 Å². The van der Waals surface area contributed by atoms with Gasteiger partial charge in [0.15, 0.2) is 11.3 Å². The van der Waals surface area contributed by atoms with Gasteiger partial charge in [0.2, 0.25) is 5.91 Å². The van der Waals surface area contributed by atoms with Crippen molar-refractivity contribution in [2.24, 2.45) is 11.8 Å². The topological polar surface area (TPSA) is 79.6 Å². The fourth-order valence-corrected chi connectivity index (χ4v) is 3.87. The molecule has 3 atom stereocenters. The van der Waals surface area contributed by atoms with Crippen molar-refractivity contribution in [2.45, 2.75) is 25.3 Å². The van der Waals surface area contributed by atoms with E-state index in [-0.39, 0.29) is 17.9 Å². The molecule has 2 aliphatic rings. The second-order valence-corrected chi connectivity index (χ2v) is 6.51. The molecule has 1 N–H and O–H groups in total. The van der Waals surface area contributed by atoms with Gasteiger partial charge in [-0.1, -0.05) is 0 Å². The van der Waals surface area contributed by atoms with Crippen LogP contribution in [-0.2, 0) is 4.79 Å². The summed E-state index contributed by atoms with van der Waals surface area (Å²) in [5.41, 5.74) is 1.14. The minimum Gasteiger partial charge on any atom is -0.356 e. The van der Waals surface area contributed by atoms with Crippen molar-refractivity contribution < 1.29 is 9.59 Å². The van der Waals surface area contributed by atoms with E-state index in [1.165, 1.54) is 0 Å². The fourth-order valence-electron chi connectivity index (χ4n) is 3.87. The molecule has 23 heavy (non-hydrogen) atoms. The number of aromatic nitrogens is 3. The number of carbonyl (C=O) groups excluding carboxylic acids is 2. The quantitative estimate of drug-likeness (QED) is 0.886. The number of hydrogen-bond donors (Lipinski definition) is 1. The van der Waals surface area contributed by atoms with E-state index in [9.17, 15) is 9.59 Å². The van der Waals surface area contributed by atoms with Gasteiger partial charge in [0.25, 0.3) is 5.91 Å².